The molecule has 5 heteroatoms. The van der Waals surface area contributed by atoms with Crippen LogP contribution in [0.1, 0.15) is 39.0 Å². The minimum Gasteiger partial charge on any atom is -0.370 e. The van der Waals surface area contributed by atoms with Gasteiger partial charge in [-0.2, -0.15) is 4.99 Å². The van der Waals surface area contributed by atoms with E-state index in [1.807, 2.05) is 0 Å². The van der Waals surface area contributed by atoms with Crippen molar-refractivity contribution in [2.45, 2.75) is 45.1 Å². The van der Waals surface area contributed by atoms with Gasteiger partial charge in [0.15, 0.2) is 5.96 Å². The van der Waals surface area contributed by atoms with E-state index in [2.05, 4.69) is 16.9 Å². The van der Waals surface area contributed by atoms with E-state index in [0.29, 0.717) is 6.04 Å². The van der Waals surface area contributed by atoms with Crippen LogP contribution in [0.4, 0.5) is 0 Å². The molecule has 0 spiro atoms. The van der Waals surface area contributed by atoms with Crippen molar-refractivity contribution in [1.29, 1.82) is 0 Å². The maximum atomic E-state index is 5.59. The Bertz CT molecular complexity index is 255. The van der Waals surface area contributed by atoms with Crippen molar-refractivity contribution in [3.05, 3.63) is 0 Å². The predicted octanol–water partition coefficient (Wildman–Crippen LogP) is 0.543. The van der Waals surface area contributed by atoms with Crippen molar-refractivity contribution >= 4 is 11.9 Å². The SMILES string of the molecule is CCC1CCCC(N=C(N)N=C(N)N)C1. The first-order valence-electron chi connectivity index (χ1n) is 5.54. The van der Waals surface area contributed by atoms with Crippen LogP contribution in [-0.4, -0.2) is 18.0 Å². The van der Waals surface area contributed by atoms with Crippen LogP contribution in [-0.2, 0) is 0 Å². The lowest BCUT2D eigenvalue weighted by atomic mass is 9.84. The van der Waals surface area contributed by atoms with Crippen LogP contribution in [0.3, 0.4) is 0 Å². The Kier molecular flexibility index (Phi) is 4.39. The number of guanidine groups is 2. The first-order valence-corrected chi connectivity index (χ1v) is 5.54. The topological polar surface area (TPSA) is 103 Å². The molecule has 15 heavy (non-hydrogen) atoms. The maximum Gasteiger partial charge on any atom is 0.218 e. The number of nitrogens with zero attached hydrogens (tertiary/aromatic N) is 2. The molecule has 2 unspecified atom stereocenters. The van der Waals surface area contributed by atoms with Gasteiger partial charge in [-0.05, 0) is 18.8 Å². The summed E-state index contributed by atoms with van der Waals surface area (Å²) in [5.41, 5.74) is 16.0. The van der Waals surface area contributed by atoms with Crippen LogP contribution < -0.4 is 17.2 Å². The smallest absolute Gasteiger partial charge is 0.218 e. The van der Waals surface area contributed by atoms with Crippen LogP contribution in [0.15, 0.2) is 9.98 Å². The van der Waals surface area contributed by atoms with Gasteiger partial charge in [0, 0.05) is 0 Å². The molecule has 1 saturated carbocycles. The molecule has 0 heterocycles. The summed E-state index contributed by atoms with van der Waals surface area (Å²) in [7, 11) is 0. The van der Waals surface area contributed by atoms with E-state index in [4.69, 9.17) is 17.2 Å². The third kappa shape index (κ3) is 4.18. The van der Waals surface area contributed by atoms with E-state index < -0.39 is 0 Å². The first kappa shape index (κ1) is 11.8. The molecule has 1 fully saturated rings. The van der Waals surface area contributed by atoms with Crippen molar-refractivity contribution < 1.29 is 0 Å². The van der Waals surface area contributed by atoms with Gasteiger partial charge in [-0.25, -0.2) is 4.99 Å². The fourth-order valence-corrected chi connectivity index (χ4v) is 2.10. The molecule has 1 aliphatic rings. The molecule has 0 radical (unpaired) electrons. The number of rotatable bonds is 2. The molecule has 1 aliphatic carbocycles. The molecule has 0 bridgehead atoms. The molecule has 0 aromatic heterocycles. The average molecular weight is 211 g/mol. The van der Waals surface area contributed by atoms with Crippen LogP contribution in [0.25, 0.3) is 0 Å². The van der Waals surface area contributed by atoms with E-state index in [1.54, 1.807) is 0 Å². The summed E-state index contributed by atoms with van der Waals surface area (Å²) in [5.74, 6) is 0.954. The number of hydrogen-bond donors (Lipinski definition) is 3. The molecule has 0 amide bonds. The molecule has 0 saturated heterocycles. The highest BCUT2D eigenvalue weighted by Crippen LogP contribution is 2.28. The summed E-state index contributed by atoms with van der Waals surface area (Å²) in [6.45, 7) is 2.22. The molecule has 0 aromatic rings. The van der Waals surface area contributed by atoms with Gasteiger partial charge in [-0.1, -0.05) is 26.2 Å². The van der Waals surface area contributed by atoms with Crippen LogP contribution in [0.5, 0.6) is 0 Å². The number of nitrogens with two attached hydrogens (primary N) is 3. The summed E-state index contributed by atoms with van der Waals surface area (Å²) in [5, 5.41) is 0. The van der Waals surface area contributed by atoms with Gasteiger partial charge in [0.1, 0.15) is 0 Å². The van der Waals surface area contributed by atoms with Crippen molar-refractivity contribution in [1.82, 2.24) is 0 Å². The largest absolute Gasteiger partial charge is 0.370 e. The van der Waals surface area contributed by atoms with Gasteiger partial charge in [0.2, 0.25) is 5.96 Å². The minimum absolute atomic E-state index is 0.0286. The summed E-state index contributed by atoms with van der Waals surface area (Å²) in [6.07, 6.45) is 5.95. The average Bonchev–Trinajstić information content (AvgIpc) is 2.16. The van der Waals surface area contributed by atoms with Gasteiger partial charge < -0.3 is 17.2 Å². The summed E-state index contributed by atoms with van der Waals surface area (Å²) in [4.78, 5) is 8.04. The summed E-state index contributed by atoms with van der Waals surface area (Å²) < 4.78 is 0. The normalized spacial score (nSPS) is 27.4. The molecule has 2 atom stereocenters. The highest BCUT2D eigenvalue weighted by atomic mass is 15.1. The van der Waals surface area contributed by atoms with Crippen molar-refractivity contribution in [3.8, 4) is 0 Å². The van der Waals surface area contributed by atoms with E-state index >= 15 is 0 Å². The lowest BCUT2D eigenvalue weighted by molar-refractivity contribution is 0.316. The third-order valence-corrected chi connectivity index (χ3v) is 2.89. The monoisotopic (exact) mass is 211 g/mol. The zero-order chi connectivity index (χ0) is 11.3. The highest BCUT2D eigenvalue weighted by Gasteiger charge is 2.20. The first-order chi connectivity index (χ1) is 7.11. The van der Waals surface area contributed by atoms with Crippen molar-refractivity contribution in [3.63, 3.8) is 0 Å². The highest BCUT2D eigenvalue weighted by molar-refractivity contribution is 5.92. The van der Waals surface area contributed by atoms with Crippen molar-refractivity contribution in [2.24, 2.45) is 33.1 Å². The second-order valence-corrected chi connectivity index (χ2v) is 4.12. The fourth-order valence-electron chi connectivity index (χ4n) is 2.10. The predicted molar refractivity (Wildman–Crippen MR) is 63.5 cm³/mol. The maximum absolute atomic E-state index is 5.59. The Morgan fingerprint density at radius 2 is 2.00 bits per heavy atom. The second-order valence-electron chi connectivity index (χ2n) is 4.12. The van der Waals surface area contributed by atoms with E-state index in [1.165, 1.54) is 19.3 Å². The van der Waals surface area contributed by atoms with Crippen LogP contribution in [0.2, 0.25) is 0 Å². The quantitative estimate of drug-likeness (QED) is 0.459. The van der Waals surface area contributed by atoms with Gasteiger partial charge in [0.25, 0.3) is 0 Å². The van der Waals surface area contributed by atoms with E-state index in [9.17, 15) is 0 Å². The van der Waals surface area contributed by atoms with Gasteiger partial charge in [-0.15, -0.1) is 0 Å². The van der Waals surface area contributed by atoms with Gasteiger partial charge in [0.05, 0.1) is 6.04 Å². The van der Waals surface area contributed by atoms with E-state index in [0.717, 1.165) is 18.8 Å². The Morgan fingerprint density at radius 3 is 2.60 bits per heavy atom. The Labute approximate surface area is 90.8 Å². The Morgan fingerprint density at radius 1 is 1.27 bits per heavy atom. The second kappa shape index (κ2) is 5.58. The fraction of sp³-hybridized carbons (Fsp3) is 0.800. The molecule has 6 N–H and O–H groups in total. The summed E-state index contributed by atoms with van der Waals surface area (Å²) in [6, 6.07) is 0.298. The van der Waals surface area contributed by atoms with E-state index in [-0.39, 0.29) is 11.9 Å². The van der Waals surface area contributed by atoms with Crippen LogP contribution in [0, 0.1) is 5.92 Å². The third-order valence-electron chi connectivity index (χ3n) is 2.89. The molecular formula is C10H21N5. The number of aliphatic imine (C=N–C) groups is 2. The molecule has 0 aromatic carbocycles. The molecule has 5 nitrogen and oxygen atoms in total. The standard InChI is InChI=1S/C10H21N5/c1-2-7-4-3-5-8(6-7)14-10(13)15-9(11)12/h7-8H,2-6H2,1H3,(H6,11,12,13,14,15). The number of hydrogen-bond acceptors (Lipinski definition) is 1. The Balaban J connectivity index is 2.53. The van der Waals surface area contributed by atoms with Gasteiger partial charge in [-0.3, -0.25) is 0 Å². The lowest BCUT2D eigenvalue weighted by Crippen LogP contribution is -2.28. The lowest BCUT2D eigenvalue weighted by Gasteiger charge is -2.25. The molecular weight excluding hydrogens is 190 g/mol. The minimum atomic E-state index is -0.0286. The zero-order valence-electron chi connectivity index (χ0n) is 9.32. The molecule has 86 valence electrons. The van der Waals surface area contributed by atoms with Gasteiger partial charge >= 0.3 is 0 Å². The molecule has 1 rings (SSSR count). The zero-order valence-corrected chi connectivity index (χ0v) is 9.32. The summed E-state index contributed by atoms with van der Waals surface area (Å²) >= 11 is 0. The van der Waals surface area contributed by atoms with Crippen molar-refractivity contribution in [2.75, 3.05) is 0 Å². The van der Waals surface area contributed by atoms with Crippen LogP contribution >= 0.6 is 0 Å². The Hall–Kier alpha value is -1.26. The molecule has 0 aliphatic heterocycles.